The van der Waals surface area contributed by atoms with Crippen LogP contribution < -0.4 is 4.74 Å². The molecule has 3 aromatic rings. The zero-order chi connectivity index (χ0) is 13.2. The van der Waals surface area contributed by atoms with E-state index in [1.54, 1.807) is 30.5 Å². The number of oxazole rings is 1. The average molecular weight is 319 g/mol. The van der Waals surface area contributed by atoms with Crippen molar-refractivity contribution in [3.8, 4) is 5.75 Å². The van der Waals surface area contributed by atoms with Crippen LogP contribution in [0.4, 0.5) is 0 Å². The molecule has 0 unspecified atom stereocenters. The number of carbonyl (C=O) groups is 1. The Kier molecular flexibility index (Phi) is 3.00. The van der Waals surface area contributed by atoms with E-state index in [0.717, 1.165) is 0 Å². The molecule has 0 radical (unpaired) electrons. The molecule has 3 rings (SSSR count). The summed E-state index contributed by atoms with van der Waals surface area (Å²) in [6.07, 6.45) is 4.38. The highest BCUT2D eigenvalue weighted by Crippen LogP contribution is 2.20. The van der Waals surface area contributed by atoms with Gasteiger partial charge in [0.1, 0.15) is 11.3 Å². The van der Waals surface area contributed by atoms with Crippen LogP contribution in [0.2, 0.25) is 0 Å². The standard InChI is InChI=1S/C13H7BrN2O3/c14-9-3-8(5-15-6-9)13(17)19-10-1-2-12-11(4-10)16-7-18-12/h1-7H. The lowest BCUT2D eigenvalue weighted by Gasteiger charge is -2.03. The number of aromatic nitrogens is 2. The third-order valence-corrected chi connectivity index (χ3v) is 2.89. The molecule has 19 heavy (non-hydrogen) atoms. The van der Waals surface area contributed by atoms with Crippen LogP contribution in [-0.4, -0.2) is 15.9 Å². The van der Waals surface area contributed by atoms with E-state index in [-0.39, 0.29) is 0 Å². The first-order valence-electron chi connectivity index (χ1n) is 5.38. The molecule has 0 aliphatic rings. The molecular formula is C13H7BrN2O3. The van der Waals surface area contributed by atoms with E-state index in [0.29, 0.717) is 26.9 Å². The predicted octanol–water partition coefficient (Wildman–Crippen LogP) is 3.20. The van der Waals surface area contributed by atoms with Gasteiger partial charge in [0.2, 0.25) is 0 Å². The van der Waals surface area contributed by atoms with Crippen LogP contribution in [0.25, 0.3) is 11.1 Å². The molecule has 0 saturated heterocycles. The van der Waals surface area contributed by atoms with Gasteiger partial charge in [-0.2, -0.15) is 0 Å². The van der Waals surface area contributed by atoms with Crippen molar-refractivity contribution in [3.05, 3.63) is 53.1 Å². The summed E-state index contributed by atoms with van der Waals surface area (Å²) in [6, 6.07) is 6.63. The Morgan fingerprint density at radius 1 is 1.26 bits per heavy atom. The van der Waals surface area contributed by atoms with Crippen molar-refractivity contribution in [2.24, 2.45) is 0 Å². The van der Waals surface area contributed by atoms with Gasteiger partial charge in [-0.25, -0.2) is 9.78 Å². The lowest BCUT2D eigenvalue weighted by atomic mass is 10.3. The van der Waals surface area contributed by atoms with Crippen LogP contribution in [0.5, 0.6) is 5.75 Å². The van der Waals surface area contributed by atoms with Crippen LogP contribution in [0, 0.1) is 0 Å². The molecule has 1 aromatic carbocycles. The van der Waals surface area contributed by atoms with E-state index in [1.807, 2.05) is 0 Å². The summed E-state index contributed by atoms with van der Waals surface area (Å²) in [6.45, 7) is 0. The number of halogens is 1. The Hall–Kier alpha value is -2.21. The van der Waals surface area contributed by atoms with Crippen LogP contribution in [-0.2, 0) is 0 Å². The van der Waals surface area contributed by atoms with Crippen LogP contribution in [0.3, 0.4) is 0 Å². The number of ether oxygens (including phenoxy) is 1. The van der Waals surface area contributed by atoms with Gasteiger partial charge in [-0.05, 0) is 34.1 Å². The summed E-state index contributed by atoms with van der Waals surface area (Å²) in [4.78, 5) is 19.8. The van der Waals surface area contributed by atoms with Crippen molar-refractivity contribution in [2.45, 2.75) is 0 Å². The smallest absolute Gasteiger partial charge is 0.345 e. The largest absolute Gasteiger partial charge is 0.443 e. The van der Waals surface area contributed by atoms with E-state index in [1.165, 1.54) is 12.6 Å². The number of pyridine rings is 1. The Morgan fingerprint density at radius 2 is 2.16 bits per heavy atom. The molecule has 6 heteroatoms. The molecule has 0 aliphatic heterocycles. The van der Waals surface area contributed by atoms with Crippen LogP contribution in [0.15, 0.2) is 51.9 Å². The van der Waals surface area contributed by atoms with Crippen molar-refractivity contribution in [1.82, 2.24) is 9.97 Å². The number of benzene rings is 1. The summed E-state index contributed by atoms with van der Waals surface area (Å²) < 4.78 is 11.1. The molecule has 0 spiro atoms. The SMILES string of the molecule is O=C(Oc1ccc2ocnc2c1)c1cncc(Br)c1. The topological polar surface area (TPSA) is 65.2 Å². The van der Waals surface area contributed by atoms with Gasteiger partial charge in [0.15, 0.2) is 12.0 Å². The molecule has 2 heterocycles. The van der Waals surface area contributed by atoms with E-state index >= 15 is 0 Å². The zero-order valence-electron chi connectivity index (χ0n) is 9.54. The highest BCUT2D eigenvalue weighted by molar-refractivity contribution is 9.10. The first-order chi connectivity index (χ1) is 9.22. The zero-order valence-corrected chi connectivity index (χ0v) is 11.1. The molecule has 0 atom stereocenters. The van der Waals surface area contributed by atoms with Crippen molar-refractivity contribution >= 4 is 33.0 Å². The summed E-state index contributed by atoms with van der Waals surface area (Å²) in [5, 5.41) is 0. The summed E-state index contributed by atoms with van der Waals surface area (Å²) >= 11 is 3.25. The lowest BCUT2D eigenvalue weighted by molar-refractivity contribution is 0.0734. The van der Waals surface area contributed by atoms with Gasteiger partial charge in [-0.3, -0.25) is 4.98 Å². The van der Waals surface area contributed by atoms with E-state index in [4.69, 9.17) is 9.15 Å². The maximum absolute atomic E-state index is 11.9. The minimum Gasteiger partial charge on any atom is -0.443 e. The minimum absolute atomic E-state index is 0.370. The second kappa shape index (κ2) is 4.81. The van der Waals surface area contributed by atoms with Crippen molar-refractivity contribution in [2.75, 3.05) is 0 Å². The second-order valence-electron chi connectivity index (χ2n) is 3.76. The molecule has 0 aliphatic carbocycles. The Balaban J connectivity index is 1.86. The van der Waals surface area contributed by atoms with Gasteiger partial charge in [0.25, 0.3) is 0 Å². The first-order valence-corrected chi connectivity index (χ1v) is 6.18. The number of rotatable bonds is 2. The molecule has 0 fully saturated rings. The van der Waals surface area contributed by atoms with Gasteiger partial charge in [0, 0.05) is 22.9 Å². The Morgan fingerprint density at radius 3 is 3.00 bits per heavy atom. The first kappa shape index (κ1) is 11.9. The van der Waals surface area contributed by atoms with Gasteiger partial charge in [-0.15, -0.1) is 0 Å². The molecule has 94 valence electrons. The average Bonchev–Trinajstić information content (AvgIpc) is 2.86. The van der Waals surface area contributed by atoms with Gasteiger partial charge >= 0.3 is 5.97 Å². The molecule has 2 aromatic heterocycles. The van der Waals surface area contributed by atoms with Crippen molar-refractivity contribution in [3.63, 3.8) is 0 Å². The molecule has 5 nitrogen and oxygen atoms in total. The summed E-state index contributed by atoms with van der Waals surface area (Å²) in [5.41, 5.74) is 1.65. The molecular weight excluding hydrogens is 312 g/mol. The number of nitrogens with zero attached hydrogens (tertiary/aromatic N) is 2. The van der Waals surface area contributed by atoms with E-state index in [9.17, 15) is 4.79 Å². The quantitative estimate of drug-likeness (QED) is 0.536. The fourth-order valence-corrected chi connectivity index (χ4v) is 1.96. The highest BCUT2D eigenvalue weighted by atomic mass is 79.9. The fraction of sp³-hybridized carbons (Fsp3) is 0. The van der Waals surface area contributed by atoms with Gasteiger partial charge in [0.05, 0.1) is 5.56 Å². The van der Waals surface area contributed by atoms with Crippen LogP contribution in [0.1, 0.15) is 10.4 Å². The van der Waals surface area contributed by atoms with Gasteiger partial charge < -0.3 is 9.15 Å². The molecule has 0 saturated carbocycles. The maximum Gasteiger partial charge on any atom is 0.345 e. The maximum atomic E-state index is 11.9. The van der Waals surface area contributed by atoms with Gasteiger partial charge in [-0.1, -0.05) is 0 Å². The van der Waals surface area contributed by atoms with Crippen molar-refractivity contribution in [1.29, 1.82) is 0 Å². The van der Waals surface area contributed by atoms with E-state index in [2.05, 4.69) is 25.9 Å². The Labute approximate surface area is 116 Å². The fourth-order valence-electron chi connectivity index (χ4n) is 1.59. The Bertz CT molecular complexity index is 754. The third kappa shape index (κ3) is 2.48. The van der Waals surface area contributed by atoms with Crippen LogP contribution >= 0.6 is 15.9 Å². The van der Waals surface area contributed by atoms with E-state index < -0.39 is 5.97 Å². The lowest BCUT2D eigenvalue weighted by Crippen LogP contribution is -2.08. The predicted molar refractivity (Wildman–Crippen MR) is 70.9 cm³/mol. The number of fused-ring (bicyclic) bond motifs is 1. The second-order valence-corrected chi connectivity index (χ2v) is 4.68. The summed E-state index contributed by atoms with van der Waals surface area (Å²) in [5.74, 6) is -0.0666. The van der Waals surface area contributed by atoms with Crippen molar-refractivity contribution < 1.29 is 13.9 Å². The summed E-state index contributed by atoms with van der Waals surface area (Å²) in [7, 11) is 0. The minimum atomic E-state index is -0.475. The number of hydrogen-bond acceptors (Lipinski definition) is 5. The number of hydrogen-bond donors (Lipinski definition) is 0. The molecule has 0 bridgehead atoms. The molecule has 0 N–H and O–H groups in total. The molecule has 0 amide bonds. The highest BCUT2D eigenvalue weighted by Gasteiger charge is 2.10. The number of carbonyl (C=O) groups excluding carboxylic acids is 1. The number of esters is 1. The monoisotopic (exact) mass is 318 g/mol. The third-order valence-electron chi connectivity index (χ3n) is 2.45. The normalized spacial score (nSPS) is 10.6.